The number of H-pyrrole nitrogens is 1. The number of hydrogen-bond acceptors (Lipinski definition) is 7. The molecule has 9 nitrogen and oxygen atoms in total. The van der Waals surface area contributed by atoms with Crippen LogP contribution in [-0.2, 0) is 16.1 Å². The molecular weight excluding hydrogens is 431 g/mol. The fourth-order valence-corrected chi connectivity index (χ4v) is 3.78. The van der Waals surface area contributed by atoms with Crippen molar-refractivity contribution in [3.63, 3.8) is 0 Å². The van der Waals surface area contributed by atoms with Gasteiger partial charge in [-0.05, 0) is 23.8 Å². The molecule has 0 bridgehead atoms. The molecule has 0 spiro atoms. The molecule has 1 fully saturated rings. The second-order valence-electron chi connectivity index (χ2n) is 7.65. The molecule has 0 aliphatic carbocycles. The zero-order valence-corrected chi connectivity index (χ0v) is 18.0. The number of fused-ring (bicyclic) bond motifs is 1. The molecular formula is C23H23FN4O5. The number of rotatable bonds is 6. The van der Waals surface area contributed by atoms with Crippen LogP contribution in [0.15, 0.2) is 47.3 Å². The smallest absolute Gasteiger partial charge is 0.359 e. The summed E-state index contributed by atoms with van der Waals surface area (Å²) >= 11 is 0. The van der Waals surface area contributed by atoms with Crippen molar-refractivity contribution in [2.75, 3.05) is 39.9 Å². The summed E-state index contributed by atoms with van der Waals surface area (Å²) < 4.78 is 24.0. The van der Waals surface area contributed by atoms with Crippen LogP contribution in [0.25, 0.3) is 10.8 Å². The van der Waals surface area contributed by atoms with E-state index >= 15 is 0 Å². The zero-order valence-electron chi connectivity index (χ0n) is 18.0. The van der Waals surface area contributed by atoms with Crippen LogP contribution in [0, 0.1) is 5.82 Å². The largest absolute Gasteiger partial charge is 0.494 e. The zero-order chi connectivity index (χ0) is 23.4. The first-order valence-electron chi connectivity index (χ1n) is 10.4. The van der Waals surface area contributed by atoms with Gasteiger partial charge in [0, 0.05) is 38.1 Å². The van der Waals surface area contributed by atoms with E-state index in [0.717, 1.165) is 5.56 Å². The lowest BCUT2D eigenvalue weighted by molar-refractivity contribution is -0.136. The lowest BCUT2D eigenvalue weighted by Crippen LogP contribution is -2.49. The van der Waals surface area contributed by atoms with Crippen molar-refractivity contribution in [3.8, 4) is 5.75 Å². The predicted octanol–water partition coefficient (Wildman–Crippen LogP) is 1.57. The Hall–Kier alpha value is -3.79. The van der Waals surface area contributed by atoms with Crippen LogP contribution in [0.4, 0.5) is 4.39 Å². The lowest BCUT2D eigenvalue weighted by Gasteiger charge is -2.34. The van der Waals surface area contributed by atoms with E-state index < -0.39 is 24.0 Å². The first kappa shape index (κ1) is 22.4. The van der Waals surface area contributed by atoms with Gasteiger partial charge in [0.15, 0.2) is 23.9 Å². The topological polar surface area (TPSA) is 105 Å². The Labute approximate surface area is 188 Å². The van der Waals surface area contributed by atoms with Gasteiger partial charge < -0.3 is 14.4 Å². The standard InChI is InChI=1S/C23H23FN4O5/c1-32-19-7-6-15(12-18(19)24)13-27-8-10-28(11-9-27)20(29)14-33-23(31)21-16-4-2-3-5-17(16)22(30)26-25-21/h2-7,12H,8-11,13-14H2,1H3,(H,26,30). The van der Waals surface area contributed by atoms with Gasteiger partial charge >= 0.3 is 5.97 Å². The molecule has 2 aromatic carbocycles. The third kappa shape index (κ3) is 5.01. The van der Waals surface area contributed by atoms with E-state index in [9.17, 15) is 18.8 Å². The number of carbonyl (C=O) groups is 2. The number of esters is 1. The van der Waals surface area contributed by atoms with E-state index in [1.165, 1.54) is 13.2 Å². The number of methoxy groups -OCH3 is 1. The summed E-state index contributed by atoms with van der Waals surface area (Å²) in [5.74, 6) is -1.30. The Morgan fingerprint density at radius 3 is 2.52 bits per heavy atom. The Kier molecular flexibility index (Phi) is 6.64. The Morgan fingerprint density at radius 2 is 1.82 bits per heavy atom. The van der Waals surface area contributed by atoms with Crippen molar-refractivity contribution in [2.24, 2.45) is 0 Å². The Bertz CT molecular complexity index is 1240. The summed E-state index contributed by atoms with van der Waals surface area (Å²) in [4.78, 5) is 40.6. The van der Waals surface area contributed by atoms with E-state index in [-0.39, 0.29) is 17.4 Å². The SMILES string of the molecule is COc1ccc(CN2CCN(C(=O)COC(=O)c3n[nH]c(=O)c4ccccc34)CC2)cc1F. The molecule has 10 heteroatoms. The Balaban J connectivity index is 1.29. The van der Waals surface area contributed by atoms with Gasteiger partial charge in [-0.15, -0.1) is 0 Å². The second kappa shape index (κ2) is 9.78. The minimum atomic E-state index is -0.782. The molecule has 4 rings (SSSR count). The summed E-state index contributed by atoms with van der Waals surface area (Å²) in [6, 6.07) is 11.4. The third-order valence-corrected chi connectivity index (χ3v) is 5.56. The van der Waals surface area contributed by atoms with Gasteiger partial charge in [0.25, 0.3) is 11.5 Å². The predicted molar refractivity (Wildman–Crippen MR) is 117 cm³/mol. The number of aromatic amines is 1. The molecule has 1 aliphatic heterocycles. The number of nitrogens with one attached hydrogen (secondary N) is 1. The maximum absolute atomic E-state index is 13.9. The Morgan fingerprint density at radius 1 is 1.09 bits per heavy atom. The number of ether oxygens (including phenoxy) is 2. The van der Waals surface area contributed by atoms with Gasteiger partial charge in [-0.3, -0.25) is 14.5 Å². The molecule has 33 heavy (non-hydrogen) atoms. The molecule has 1 N–H and O–H groups in total. The summed E-state index contributed by atoms with van der Waals surface area (Å²) in [5.41, 5.74) is 0.366. The number of halogens is 1. The van der Waals surface area contributed by atoms with E-state index in [0.29, 0.717) is 43.5 Å². The number of hydrogen-bond donors (Lipinski definition) is 1. The highest BCUT2D eigenvalue weighted by Gasteiger charge is 2.23. The van der Waals surface area contributed by atoms with Crippen molar-refractivity contribution in [1.82, 2.24) is 20.0 Å². The van der Waals surface area contributed by atoms with Gasteiger partial charge in [-0.1, -0.05) is 24.3 Å². The summed E-state index contributed by atoms with van der Waals surface area (Å²) in [5, 5.41) is 6.74. The van der Waals surface area contributed by atoms with Crippen LogP contribution in [0.5, 0.6) is 5.75 Å². The molecule has 1 saturated heterocycles. The fraction of sp³-hybridized carbons (Fsp3) is 0.304. The van der Waals surface area contributed by atoms with Gasteiger partial charge in [-0.2, -0.15) is 5.10 Å². The molecule has 1 amide bonds. The molecule has 0 radical (unpaired) electrons. The van der Waals surface area contributed by atoms with Gasteiger partial charge in [-0.25, -0.2) is 14.3 Å². The van der Waals surface area contributed by atoms with Crippen LogP contribution in [0.2, 0.25) is 0 Å². The van der Waals surface area contributed by atoms with Crippen LogP contribution in [0.3, 0.4) is 0 Å². The van der Waals surface area contributed by atoms with E-state index in [4.69, 9.17) is 9.47 Å². The van der Waals surface area contributed by atoms with Crippen LogP contribution in [0.1, 0.15) is 16.1 Å². The molecule has 172 valence electrons. The molecule has 1 aliphatic rings. The van der Waals surface area contributed by atoms with Crippen LogP contribution in [-0.4, -0.2) is 71.8 Å². The third-order valence-electron chi connectivity index (χ3n) is 5.56. The van der Waals surface area contributed by atoms with E-state index in [1.54, 1.807) is 35.2 Å². The normalized spacial score (nSPS) is 14.3. The highest BCUT2D eigenvalue weighted by molar-refractivity contribution is 6.02. The summed E-state index contributed by atoms with van der Waals surface area (Å²) in [6.45, 7) is 2.29. The molecule has 2 heterocycles. The molecule has 0 atom stereocenters. The first-order valence-corrected chi connectivity index (χ1v) is 10.4. The molecule has 0 saturated carbocycles. The maximum Gasteiger partial charge on any atom is 0.359 e. The number of piperazine rings is 1. The van der Waals surface area contributed by atoms with Crippen molar-refractivity contribution in [3.05, 3.63) is 69.9 Å². The number of carbonyl (C=O) groups excluding carboxylic acids is 2. The van der Waals surface area contributed by atoms with Gasteiger partial charge in [0.1, 0.15) is 0 Å². The minimum Gasteiger partial charge on any atom is -0.494 e. The summed E-state index contributed by atoms with van der Waals surface area (Å²) in [7, 11) is 1.42. The van der Waals surface area contributed by atoms with Crippen molar-refractivity contribution >= 4 is 22.6 Å². The van der Waals surface area contributed by atoms with Crippen molar-refractivity contribution < 1.29 is 23.5 Å². The number of benzene rings is 2. The van der Waals surface area contributed by atoms with E-state index in [1.807, 2.05) is 6.07 Å². The maximum atomic E-state index is 13.9. The lowest BCUT2D eigenvalue weighted by atomic mass is 10.1. The highest BCUT2D eigenvalue weighted by atomic mass is 19.1. The first-order chi connectivity index (χ1) is 16.0. The van der Waals surface area contributed by atoms with Gasteiger partial charge in [0.05, 0.1) is 12.5 Å². The number of amides is 1. The van der Waals surface area contributed by atoms with E-state index in [2.05, 4.69) is 15.1 Å². The van der Waals surface area contributed by atoms with Crippen molar-refractivity contribution in [1.29, 1.82) is 0 Å². The summed E-state index contributed by atoms with van der Waals surface area (Å²) in [6.07, 6.45) is 0. The second-order valence-corrected chi connectivity index (χ2v) is 7.65. The minimum absolute atomic E-state index is 0.0467. The monoisotopic (exact) mass is 454 g/mol. The highest BCUT2D eigenvalue weighted by Crippen LogP contribution is 2.19. The fourth-order valence-electron chi connectivity index (χ4n) is 3.78. The number of aromatic nitrogens is 2. The average molecular weight is 454 g/mol. The van der Waals surface area contributed by atoms with Crippen molar-refractivity contribution in [2.45, 2.75) is 6.54 Å². The molecule has 1 aromatic heterocycles. The van der Waals surface area contributed by atoms with Crippen LogP contribution >= 0.6 is 0 Å². The number of nitrogens with zero attached hydrogens (tertiary/aromatic N) is 3. The average Bonchev–Trinajstić information content (AvgIpc) is 2.83. The van der Waals surface area contributed by atoms with Gasteiger partial charge in [0.2, 0.25) is 0 Å². The molecule has 3 aromatic rings. The quantitative estimate of drug-likeness (QED) is 0.564. The molecule has 0 unspecified atom stereocenters. The van der Waals surface area contributed by atoms with Crippen LogP contribution < -0.4 is 10.3 Å².